The summed E-state index contributed by atoms with van der Waals surface area (Å²) in [5, 5.41) is 1.73. The first-order valence-corrected chi connectivity index (χ1v) is 16.1. The van der Waals surface area contributed by atoms with Gasteiger partial charge in [0.15, 0.2) is 19.5 Å². The summed E-state index contributed by atoms with van der Waals surface area (Å²) < 4.78 is 18.4. The van der Waals surface area contributed by atoms with E-state index in [4.69, 9.17) is 13.6 Å². The zero-order valence-electron chi connectivity index (χ0n) is 19.2. The van der Waals surface area contributed by atoms with Crippen LogP contribution in [0.2, 0.25) is 13.1 Å². The molecule has 1 heterocycles. The Labute approximate surface area is 202 Å². The number of nitrogens with one attached hydrogen (secondary N) is 1. The molecule has 5 nitrogen and oxygen atoms in total. The second-order valence-electron chi connectivity index (χ2n) is 8.31. The van der Waals surface area contributed by atoms with E-state index >= 15 is 0 Å². The molecule has 3 rings (SSSR count). The first-order valence-electron chi connectivity index (χ1n) is 11.0. The Morgan fingerprint density at radius 2 is 1.69 bits per heavy atom. The highest BCUT2D eigenvalue weighted by atomic mass is 79.9. The molecule has 0 saturated heterocycles. The van der Waals surface area contributed by atoms with E-state index in [1.54, 1.807) is 6.07 Å². The molecular formula is C24H32BrNO4Si2. The fraction of sp³-hybridized carbons (Fsp3) is 0.375. The summed E-state index contributed by atoms with van der Waals surface area (Å²) >= 11 is 3.75. The van der Waals surface area contributed by atoms with E-state index < -0.39 is 19.5 Å². The van der Waals surface area contributed by atoms with Gasteiger partial charge in [-0.25, -0.2) is 0 Å². The predicted molar refractivity (Wildman–Crippen MR) is 140 cm³/mol. The summed E-state index contributed by atoms with van der Waals surface area (Å²) in [6.07, 6.45) is -0.231. The Kier molecular flexibility index (Phi) is 8.90. The summed E-state index contributed by atoms with van der Waals surface area (Å²) in [5.41, 5.74) is 2.53. The van der Waals surface area contributed by atoms with E-state index in [9.17, 15) is 4.79 Å². The number of pyridine rings is 1. The molecule has 0 unspecified atom stereocenters. The van der Waals surface area contributed by atoms with Crippen LogP contribution in [0, 0.1) is 5.41 Å². The van der Waals surface area contributed by atoms with Crippen LogP contribution in [0.4, 0.5) is 0 Å². The molecule has 1 aromatic heterocycles. The Bertz CT molecular complexity index is 1070. The zero-order valence-corrected chi connectivity index (χ0v) is 23.6. The molecule has 172 valence electrons. The Morgan fingerprint density at radius 1 is 1.00 bits per heavy atom. The van der Waals surface area contributed by atoms with Crippen LogP contribution >= 0.6 is 15.9 Å². The summed E-state index contributed by atoms with van der Waals surface area (Å²) in [6.45, 7) is 9.10. The zero-order chi connectivity index (χ0) is 23.1. The molecular weight excluding hydrogens is 502 g/mol. The van der Waals surface area contributed by atoms with Crippen LogP contribution in [0.5, 0.6) is 5.75 Å². The molecule has 0 radical (unpaired) electrons. The number of fused-ring (bicyclic) bond motifs is 1. The maximum absolute atomic E-state index is 12.2. The molecule has 3 aromatic rings. The van der Waals surface area contributed by atoms with E-state index in [1.165, 1.54) is 0 Å². The molecule has 0 fully saturated rings. The standard InChI is InChI=1S/C24H32BrNO4Si2/c1-24(2,23(29-31-3)30-32-4)19(14-25)17-10-12-20(22-18(17)11-13-21(27)26-22)28-15-16-8-6-5-7-9-16/h5-13,19,23H,14-15,31-32H2,1-4H3,(H,26,27)/t19-/m1/s1. The van der Waals surface area contributed by atoms with Gasteiger partial charge >= 0.3 is 0 Å². The van der Waals surface area contributed by atoms with Crippen molar-refractivity contribution in [2.75, 3.05) is 5.33 Å². The number of ether oxygens (including phenoxy) is 1. The van der Waals surface area contributed by atoms with Crippen LogP contribution in [0.3, 0.4) is 0 Å². The number of aromatic nitrogens is 1. The third-order valence-electron chi connectivity index (χ3n) is 5.80. The lowest BCUT2D eigenvalue weighted by Crippen LogP contribution is -2.41. The van der Waals surface area contributed by atoms with Crippen molar-refractivity contribution in [2.45, 2.75) is 45.8 Å². The quantitative estimate of drug-likeness (QED) is 0.227. The van der Waals surface area contributed by atoms with Gasteiger partial charge in [0.2, 0.25) is 5.56 Å². The van der Waals surface area contributed by atoms with Crippen molar-refractivity contribution in [1.29, 1.82) is 0 Å². The van der Waals surface area contributed by atoms with Gasteiger partial charge in [-0.2, -0.15) is 0 Å². The molecule has 0 amide bonds. The van der Waals surface area contributed by atoms with Gasteiger partial charge in [-0.15, -0.1) is 0 Å². The highest BCUT2D eigenvalue weighted by molar-refractivity contribution is 9.09. The fourth-order valence-corrected chi connectivity index (χ4v) is 7.07. The van der Waals surface area contributed by atoms with Crippen LogP contribution in [-0.4, -0.2) is 36.1 Å². The van der Waals surface area contributed by atoms with Crippen LogP contribution in [0.1, 0.15) is 30.9 Å². The minimum Gasteiger partial charge on any atom is -0.487 e. The Hall–Kier alpha value is -1.72. The molecule has 8 heteroatoms. The molecule has 0 spiro atoms. The van der Waals surface area contributed by atoms with E-state index in [2.05, 4.69) is 53.9 Å². The van der Waals surface area contributed by atoms with Crippen molar-refractivity contribution >= 4 is 46.4 Å². The number of halogens is 1. The van der Waals surface area contributed by atoms with Gasteiger partial charge in [-0.05, 0) is 23.3 Å². The average molecular weight is 535 g/mol. The van der Waals surface area contributed by atoms with Gasteiger partial charge in [-0.1, -0.05) is 79.3 Å². The minimum absolute atomic E-state index is 0.116. The van der Waals surface area contributed by atoms with Crippen LogP contribution < -0.4 is 10.3 Å². The van der Waals surface area contributed by atoms with Gasteiger partial charge in [0.25, 0.3) is 0 Å². The minimum atomic E-state index is -0.624. The molecule has 0 aliphatic rings. The predicted octanol–water partition coefficient (Wildman–Crippen LogP) is 4.23. The second kappa shape index (κ2) is 11.4. The number of alkyl halides is 1. The van der Waals surface area contributed by atoms with Crippen LogP contribution in [-0.2, 0) is 15.5 Å². The summed E-state index contributed by atoms with van der Waals surface area (Å²) in [4.78, 5) is 15.2. The van der Waals surface area contributed by atoms with E-state index in [0.717, 1.165) is 27.4 Å². The maximum atomic E-state index is 12.2. The second-order valence-corrected chi connectivity index (χ2v) is 10.8. The molecule has 2 aromatic carbocycles. The number of aromatic amines is 1. The lowest BCUT2D eigenvalue weighted by atomic mass is 9.74. The lowest BCUT2D eigenvalue weighted by molar-refractivity contribution is -0.0872. The third-order valence-corrected chi connectivity index (χ3v) is 7.72. The molecule has 0 aliphatic carbocycles. The number of rotatable bonds is 11. The highest BCUT2D eigenvalue weighted by Gasteiger charge is 2.39. The first-order chi connectivity index (χ1) is 15.4. The Morgan fingerprint density at radius 3 is 2.31 bits per heavy atom. The maximum Gasteiger partial charge on any atom is 0.248 e. The van der Waals surface area contributed by atoms with E-state index in [1.807, 2.05) is 42.5 Å². The van der Waals surface area contributed by atoms with E-state index in [-0.39, 0.29) is 23.2 Å². The monoisotopic (exact) mass is 533 g/mol. The SMILES string of the molecule is C[SiH2]OC(O[SiH2]C)C(C)(C)[C@H](CBr)c1ccc(OCc2ccccc2)c2[nH]c(=O)ccc12. The van der Waals surface area contributed by atoms with Crippen molar-refractivity contribution < 1.29 is 13.6 Å². The van der Waals surface area contributed by atoms with Crippen LogP contribution in [0.15, 0.2) is 59.4 Å². The fourth-order valence-electron chi connectivity index (χ4n) is 4.03. The molecule has 1 N–H and O–H groups in total. The van der Waals surface area contributed by atoms with Crippen molar-refractivity contribution in [2.24, 2.45) is 5.41 Å². The summed E-state index contributed by atoms with van der Waals surface area (Å²) in [5.74, 6) is 0.785. The van der Waals surface area contributed by atoms with Crippen molar-refractivity contribution in [3.63, 3.8) is 0 Å². The first kappa shape index (κ1) is 24.9. The largest absolute Gasteiger partial charge is 0.487 e. The average Bonchev–Trinajstić information content (AvgIpc) is 2.79. The molecule has 0 saturated carbocycles. The Balaban J connectivity index is 2.03. The molecule has 0 aliphatic heterocycles. The van der Waals surface area contributed by atoms with Crippen molar-refractivity contribution in [1.82, 2.24) is 4.98 Å². The van der Waals surface area contributed by atoms with E-state index in [0.29, 0.717) is 12.4 Å². The van der Waals surface area contributed by atoms with Gasteiger partial charge < -0.3 is 18.6 Å². The highest BCUT2D eigenvalue weighted by Crippen LogP contribution is 2.44. The number of hydrogen-bond donors (Lipinski definition) is 1. The third kappa shape index (κ3) is 5.61. The number of hydrogen-bond acceptors (Lipinski definition) is 4. The summed E-state index contributed by atoms with van der Waals surface area (Å²) in [7, 11) is -1.25. The molecule has 32 heavy (non-hydrogen) atoms. The van der Waals surface area contributed by atoms with Gasteiger partial charge in [0.1, 0.15) is 18.6 Å². The topological polar surface area (TPSA) is 60.6 Å². The van der Waals surface area contributed by atoms with Gasteiger partial charge in [-0.3, -0.25) is 4.79 Å². The molecule has 1 atom stereocenters. The number of H-pyrrole nitrogens is 1. The normalized spacial score (nSPS) is 14.5. The smallest absolute Gasteiger partial charge is 0.248 e. The van der Waals surface area contributed by atoms with Crippen molar-refractivity contribution in [3.05, 3.63) is 76.1 Å². The molecule has 0 bridgehead atoms. The van der Waals surface area contributed by atoms with Crippen LogP contribution in [0.25, 0.3) is 10.9 Å². The summed E-state index contributed by atoms with van der Waals surface area (Å²) in [6, 6.07) is 17.6. The number of benzene rings is 2. The van der Waals surface area contributed by atoms with Gasteiger partial charge in [0, 0.05) is 28.1 Å². The van der Waals surface area contributed by atoms with Gasteiger partial charge in [0.05, 0.1) is 5.52 Å². The lowest BCUT2D eigenvalue weighted by Gasteiger charge is -2.41. The van der Waals surface area contributed by atoms with Crippen molar-refractivity contribution in [3.8, 4) is 5.75 Å².